The minimum Gasteiger partial charge on any atom is -0.428 e. The maximum Gasteiger partial charge on any atom is 0.336 e. The number of carbonyl (C=O) groups is 1. The van der Waals surface area contributed by atoms with Crippen LogP contribution in [0.5, 0.6) is 0 Å². The Labute approximate surface area is 119 Å². The largest absolute Gasteiger partial charge is 0.428 e. The topological polar surface area (TPSA) is 35.5 Å². The molecule has 0 bridgehead atoms. The third-order valence-corrected chi connectivity index (χ3v) is 4.42. The lowest BCUT2D eigenvalue weighted by Gasteiger charge is -2.25. The maximum absolute atomic E-state index is 11.8. The lowest BCUT2D eigenvalue weighted by Crippen LogP contribution is -2.17. The van der Waals surface area contributed by atoms with Crippen LogP contribution < -0.4 is 0 Å². The molecule has 0 fully saturated rings. The van der Waals surface area contributed by atoms with Gasteiger partial charge in [0.25, 0.3) is 0 Å². The molecular formula is C17H20O3. The molecule has 0 amide bonds. The predicted octanol–water partition coefficient (Wildman–Crippen LogP) is 3.40. The molecule has 0 spiro atoms. The van der Waals surface area contributed by atoms with Gasteiger partial charge in [0.05, 0.1) is 0 Å². The van der Waals surface area contributed by atoms with Crippen LogP contribution in [0, 0.1) is 13.8 Å². The maximum atomic E-state index is 11.8. The smallest absolute Gasteiger partial charge is 0.336 e. The average Bonchev–Trinajstić information content (AvgIpc) is 2.75. The first kappa shape index (κ1) is 13.4. The molecule has 1 aliphatic heterocycles. The normalized spacial score (nSPS) is 25.6. The molecule has 3 rings (SSSR count). The number of methoxy groups -OCH3 is 1. The van der Waals surface area contributed by atoms with E-state index in [2.05, 4.69) is 32.0 Å². The molecule has 2 atom stereocenters. The van der Waals surface area contributed by atoms with Crippen LogP contribution in [-0.4, -0.2) is 19.4 Å². The van der Waals surface area contributed by atoms with Gasteiger partial charge in [0.2, 0.25) is 6.29 Å². The summed E-state index contributed by atoms with van der Waals surface area (Å²) in [4.78, 5) is 11.8. The number of benzene rings is 1. The number of esters is 1. The molecule has 1 aromatic rings. The van der Waals surface area contributed by atoms with Crippen LogP contribution in [0.25, 0.3) is 0 Å². The number of ether oxygens (including phenoxy) is 2. The van der Waals surface area contributed by atoms with Gasteiger partial charge in [-0.15, -0.1) is 0 Å². The van der Waals surface area contributed by atoms with E-state index in [0.717, 1.165) is 30.4 Å². The van der Waals surface area contributed by atoms with Crippen molar-refractivity contribution in [2.75, 3.05) is 7.11 Å². The quantitative estimate of drug-likeness (QED) is 0.774. The Morgan fingerprint density at radius 1 is 1.30 bits per heavy atom. The second-order valence-electron chi connectivity index (χ2n) is 5.78. The molecular weight excluding hydrogens is 252 g/mol. The number of hydrogen-bond donors (Lipinski definition) is 0. The molecule has 1 aromatic carbocycles. The van der Waals surface area contributed by atoms with E-state index in [4.69, 9.17) is 9.47 Å². The van der Waals surface area contributed by atoms with Crippen molar-refractivity contribution in [3.05, 3.63) is 46.0 Å². The highest BCUT2D eigenvalue weighted by Crippen LogP contribution is 2.42. The fraction of sp³-hybridized carbons (Fsp3) is 0.471. The van der Waals surface area contributed by atoms with Crippen LogP contribution in [0.3, 0.4) is 0 Å². The minimum absolute atomic E-state index is 0.189. The first-order valence-electron chi connectivity index (χ1n) is 7.13. The van der Waals surface area contributed by atoms with Gasteiger partial charge in [-0.25, -0.2) is 4.79 Å². The van der Waals surface area contributed by atoms with Crippen molar-refractivity contribution < 1.29 is 14.3 Å². The fourth-order valence-electron chi connectivity index (χ4n) is 3.42. The SMILES string of the molecule is COC1OC(=O)C2=C1CC(c1ccc(C)cc1C)CC2. The minimum atomic E-state index is -0.467. The van der Waals surface area contributed by atoms with Crippen LogP contribution in [0.1, 0.15) is 41.9 Å². The van der Waals surface area contributed by atoms with Crippen LogP contribution >= 0.6 is 0 Å². The molecule has 106 valence electrons. The van der Waals surface area contributed by atoms with Gasteiger partial charge in [0.15, 0.2) is 0 Å². The summed E-state index contributed by atoms with van der Waals surface area (Å²) in [6.07, 6.45) is 2.20. The van der Waals surface area contributed by atoms with Gasteiger partial charge in [0.1, 0.15) is 0 Å². The molecule has 0 saturated heterocycles. The first-order valence-corrected chi connectivity index (χ1v) is 7.13. The van der Waals surface area contributed by atoms with Gasteiger partial charge >= 0.3 is 5.97 Å². The van der Waals surface area contributed by atoms with Gasteiger partial charge < -0.3 is 9.47 Å². The van der Waals surface area contributed by atoms with Gasteiger partial charge in [-0.3, -0.25) is 0 Å². The molecule has 2 unspecified atom stereocenters. The van der Waals surface area contributed by atoms with Crippen LogP contribution in [0.4, 0.5) is 0 Å². The van der Waals surface area contributed by atoms with Crippen molar-refractivity contribution >= 4 is 5.97 Å². The number of rotatable bonds is 2. The predicted molar refractivity (Wildman–Crippen MR) is 76.4 cm³/mol. The Morgan fingerprint density at radius 2 is 2.10 bits per heavy atom. The highest BCUT2D eigenvalue weighted by molar-refractivity contribution is 5.92. The summed E-state index contributed by atoms with van der Waals surface area (Å²) in [7, 11) is 1.59. The summed E-state index contributed by atoms with van der Waals surface area (Å²) < 4.78 is 10.5. The van der Waals surface area contributed by atoms with E-state index in [0.29, 0.717) is 5.92 Å². The fourth-order valence-corrected chi connectivity index (χ4v) is 3.42. The van der Waals surface area contributed by atoms with Crippen LogP contribution in [-0.2, 0) is 14.3 Å². The van der Waals surface area contributed by atoms with Crippen LogP contribution in [0.15, 0.2) is 29.3 Å². The van der Waals surface area contributed by atoms with Crippen molar-refractivity contribution in [3.8, 4) is 0 Å². The number of hydrogen-bond acceptors (Lipinski definition) is 3. The molecule has 20 heavy (non-hydrogen) atoms. The van der Waals surface area contributed by atoms with Crippen molar-refractivity contribution in [3.63, 3.8) is 0 Å². The lowest BCUT2D eigenvalue weighted by molar-refractivity contribution is -0.156. The van der Waals surface area contributed by atoms with E-state index < -0.39 is 6.29 Å². The Hall–Kier alpha value is -1.61. The molecule has 3 nitrogen and oxygen atoms in total. The number of aryl methyl sites for hydroxylation is 2. The summed E-state index contributed by atoms with van der Waals surface area (Å²) in [6.45, 7) is 4.28. The highest BCUT2D eigenvalue weighted by atomic mass is 16.7. The Bertz CT molecular complexity index is 586. The summed E-state index contributed by atoms with van der Waals surface area (Å²) >= 11 is 0. The Balaban J connectivity index is 1.89. The van der Waals surface area contributed by atoms with Crippen LogP contribution in [0.2, 0.25) is 0 Å². The summed E-state index contributed by atoms with van der Waals surface area (Å²) in [5, 5.41) is 0. The zero-order valence-corrected chi connectivity index (χ0v) is 12.2. The third-order valence-electron chi connectivity index (χ3n) is 4.42. The van der Waals surface area contributed by atoms with Gasteiger partial charge in [-0.05, 0) is 50.2 Å². The van der Waals surface area contributed by atoms with Gasteiger partial charge in [-0.1, -0.05) is 23.8 Å². The Kier molecular flexibility index (Phi) is 3.38. The second-order valence-corrected chi connectivity index (χ2v) is 5.78. The lowest BCUT2D eigenvalue weighted by atomic mass is 9.79. The second kappa shape index (κ2) is 5.06. The van der Waals surface area contributed by atoms with E-state index in [9.17, 15) is 4.79 Å². The first-order chi connectivity index (χ1) is 9.60. The van der Waals surface area contributed by atoms with Crippen molar-refractivity contribution in [1.82, 2.24) is 0 Å². The Morgan fingerprint density at radius 3 is 2.80 bits per heavy atom. The number of cyclic esters (lactones) is 1. The van der Waals surface area contributed by atoms with E-state index >= 15 is 0 Å². The van der Waals surface area contributed by atoms with E-state index in [1.54, 1.807) is 7.11 Å². The van der Waals surface area contributed by atoms with E-state index in [1.807, 2.05) is 0 Å². The molecule has 1 aliphatic carbocycles. The third kappa shape index (κ3) is 2.16. The van der Waals surface area contributed by atoms with E-state index in [-0.39, 0.29) is 5.97 Å². The number of carbonyl (C=O) groups excluding carboxylic acids is 1. The summed E-state index contributed by atoms with van der Waals surface area (Å²) in [5.74, 6) is 0.271. The van der Waals surface area contributed by atoms with Crippen molar-refractivity contribution in [2.45, 2.75) is 45.3 Å². The van der Waals surface area contributed by atoms with Gasteiger partial charge in [0, 0.05) is 18.3 Å². The van der Waals surface area contributed by atoms with E-state index in [1.165, 1.54) is 16.7 Å². The summed E-state index contributed by atoms with van der Waals surface area (Å²) in [6, 6.07) is 6.61. The zero-order chi connectivity index (χ0) is 14.3. The highest BCUT2D eigenvalue weighted by Gasteiger charge is 2.38. The van der Waals surface area contributed by atoms with Crippen molar-refractivity contribution in [2.24, 2.45) is 0 Å². The average molecular weight is 272 g/mol. The zero-order valence-electron chi connectivity index (χ0n) is 12.2. The molecule has 0 N–H and O–H groups in total. The summed E-state index contributed by atoms with van der Waals surface area (Å²) in [5.41, 5.74) is 5.90. The molecule has 0 radical (unpaired) electrons. The molecule has 1 heterocycles. The standard InChI is InChI=1S/C17H20O3/c1-10-4-6-13(11(2)8-10)12-5-7-14-15(9-12)17(19-3)20-16(14)18/h4,6,8,12,17H,5,7,9H2,1-3H3. The van der Waals surface area contributed by atoms with Crippen molar-refractivity contribution in [1.29, 1.82) is 0 Å². The molecule has 0 saturated carbocycles. The molecule has 2 aliphatic rings. The molecule has 0 aromatic heterocycles. The van der Waals surface area contributed by atoms with Gasteiger partial charge in [-0.2, -0.15) is 0 Å². The molecule has 3 heteroatoms. The monoisotopic (exact) mass is 272 g/mol.